The summed E-state index contributed by atoms with van der Waals surface area (Å²) in [4.78, 5) is 15.9. The van der Waals surface area contributed by atoms with E-state index in [0.717, 1.165) is 44.1 Å². The Balaban J connectivity index is 1.55. The highest BCUT2D eigenvalue weighted by Gasteiger charge is 2.41. The number of aromatic nitrogens is 3. The van der Waals surface area contributed by atoms with E-state index in [2.05, 4.69) is 40.4 Å². The lowest BCUT2D eigenvalue weighted by atomic mass is 9.81. The zero-order chi connectivity index (χ0) is 25.2. The number of ether oxygens (including phenoxy) is 2. The van der Waals surface area contributed by atoms with Crippen molar-refractivity contribution < 1.29 is 18.7 Å². The maximum absolute atomic E-state index is 13.6. The minimum atomic E-state index is -0.317. The maximum Gasteiger partial charge on any atom is 0.227 e. The van der Waals surface area contributed by atoms with Crippen molar-refractivity contribution in [2.24, 2.45) is 5.41 Å². The van der Waals surface area contributed by atoms with Crippen LogP contribution in [-0.2, 0) is 16.1 Å². The highest BCUT2D eigenvalue weighted by atomic mass is 19.1. The van der Waals surface area contributed by atoms with E-state index in [1.165, 1.54) is 12.1 Å². The summed E-state index contributed by atoms with van der Waals surface area (Å²) in [5, 5.41) is 9.30. The van der Waals surface area contributed by atoms with Crippen LogP contribution >= 0.6 is 0 Å². The Morgan fingerprint density at radius 3 is 2.63 bits per heavy atom. The molecule has 1 aromatic carbocycles. The molecule has 192 valence electrons. The van der Waals surface area contributed by atoms with Crippen molar-refractivity contribution in [2.75, 3.05) is 38.3 Å². The molecule has 2 aliphatic rings. The Morgan fingerprint density at radius 2 is 1.97 bits per heavy atom. The molecule has 2 saturated heterocycles. The summed E-state index contributed by atoms with van der Waals surface area (Å²) in [7, 11) is 1.87. The average Bonchev–Trinajstić information content (AvgIpc) is 3.46. The molecule has 1 amide bonds. The summed E-state index contributed by atoms with van der Waals surface area (Å²) in [6.07, 6.45) is 2.72. The lowest BCUT2D eigenvalue weighted by molar-refractivity contribution is -0.129. The van der Waals surface area contributed by atoms with Gasteiger partial charge in [-0.25, -0.2) is 4.39 Å². The fourth-order valence-electron chi connectivity index (χ4n) is 5.26. The Bertz CT molecular complexity index is 1010. The molecule has 2 fully saturated rings. The van der Waals surface area contributed by atoms with Gasteiger partial charge in [-0.1, -0.05) is 26.8 Å². The molecule has 0 saturated carbocycles. The molecule has 0 aliphatic carbocycles. The molecule has 8 nitrogen and oxygen atoms in total. The first kappa shape index (κ1) is 25.4. The van der Waals surface area contributed by atoms with Crippen molar-refractivity contribution in [2.45, 2.75) is 71.6 Å². The lowest BCUT2D eigenvalue weighted by Gasteiger charge is -2.37. The summed E-state index contributed by atoms with van der Waals surface area (Å²) in [5.41, 5.74) is -0.0220. The first-order chi connectivity index (χ1) is 16.6. The Labute approximate surface area is 207 Å². The van der Waals surface area contributed by atoms with Crippen molar-refractivity contribution in [1.29, 1.82) is 0 Å². The summed E-state index contributed by atoms with van der Waals surface area (Å²) >= 11 is 0. The van der Waals surface area contributed by atoms with E-state index in [4.69, 9.17) is 9.47 Å². The van der Waals surface area contributed by atoms with Gasteiger partial charge in [0, 0.05) is 51.7 Å². The van der Waals surface area contributed by atoms with Crippen molar-refractivity contribution in [3.63, 3.8) is 0 Å². The molecule has 2 aromatic rings. The number of hydrogen-bond acceptors (Lipinski definition) is 6. The quantitative estimate of drug-likeness (QED) is 0.591. The smallest absolute Gasteiger partial charge is 0.227 e. The summed E-state index contributed by atoms with van der Waals surface area (Å²) < 4.78 is 27.8. The van der Waals surface area contributed by atoms with Crippen LogP contribution in [0.3, 0.4) is 0 Å². The molecular weight excluding hydrogens is 449 g/mol. The van der Waals surface area contributed by atoms with E-state index >= 15 is 0 Å². The van der Waals surface area contributed by atoms with Gasteiger partial charge in [0.15, 0.2) is 0 Å². The molecule has 9 heteroatoms. The first-order valence-electron chi connectivity index (χ1n) is 12.6. The Kier molecular flexibility index (Phi) is 7.64. The number of anilines is 1. The van der Waals surface area contributed by atoms with Crippen LogP contribution in [0.2, 0.25) is 0 Å². The van der Waals surface area contributed by atoms with E-state index in [1.807, 2.05) is 11.9 Å². The second-order valence-electron chi connectivity index (χ2n) is 10.7. The van der Waals surface area contributed by atoms with Gasteiger partial charge in [-0.3, -0.25) is 9.36 Å². The number of piperidine rings is 1. The van der Waals surface area contributed by atoms with Crippen LogP contribution in [0.25, 0.3) is 0 Å². The molecule has 3 heterocycles. The molecule has 2 aliphatic heterocycles. The highest BCUT2D eigenvalue weighted by molar-refractivity contribution is 5.73. The topological polar surface area (TPSA) is 72.7 Å². The summed E-state index contributed by atoms with van der Waals surface area (Å²) in [6.45, 7) is 11.4. The number of benzene rings is 1. The molecule has 0 N–H and O–H groups in total. The molecule has 2 atom stereocenters. The van der Waals surface area contributed by atoms with Crippen LogP contribution in [-0.4, -0.2) is 71.1 Å². The fourth-order valence-corrected chi connectivity index (χ4v) is 5.26. The summed E-state index contributed by atoms with van der Waals surface area (Å²) in [5.74, 6) is 2.17. The van der Waals surface area contributed by atoms with Gasteiger partial charge in [-0.05, 0) is 36.8 Å². The van der Waals surface area contributed by atoms with Gasteiger partial charge in [0.05, 0.1) is 12.6 Å². The Hall–Kier alpha value is -2.68. The molecule has 35 heavy (non-hydrogen) atoms. The van der Waals surface area contributed by atoms with E-state index in [-0.39, 0.29) is 35.2 Å². The summed E-state index contributed by atoms with van der Waals surface area (Å²) in [6, 6.07) is 6.44. The van der Waals surface area contributed by atoms with Gasteiger partial charge < -0.3 is 19.3 Å². The van der Waals surface area contributed by atoms with E-state index in [0.29, 0.717) is 25.5 Å². The minimum absolute atomic E-state index is 0.0220. The largest absolute Gasteiger partial charge is 0.492 e. The third-order valence-electron chi connectivity index (χ3n) is 7.21. The van der Waals surface area contributed by atoms with Crippen LogP contribution in [0, 0.1) is 11.2 Å². The van der Waals surface area contributed by atoms with Crippen LogP contribution < -0.4 is 9.64 Å². The third kappa shape index (κ3) is 5.77. The number of nitrogens with zero attached hydrogens (tertiary/aromatic N) is 5. The molecule has 1 aromatic heterocycles. The predicted octanol–water partition coefficient (Wildman–Crippen LogP) is 3.86. The first-order valence-corrected chi connectivity index (χ1v) is 12.6. The van der Waals surface area contributed by atoms with Gasteiger partial charge in [-0.15, -0.1) is 10.2 Å². The molecule has 0 unspecified atom stereocenters. The zero-order valence-electron chi connectivity index (χ0n) is 21.5. The van der Waals surface area contributed by atoms with E-state index < -0.39 is 0 Å². The second-order valence-corrected chi connectivity index (χ2v) is 10.7. The van der Waals surface area contributed by atoms with Gasteiger partial charge in [-0.2, -0.15) is 0 Å². The number of amides is 1. The third-order valence-corrected chi connectivity index (χ3v) is 7.21. The van der Waals surface area contributed by atoms with Crippen LogP contribution in [0.1, 0.15) is 58.7 Å². The van der Waals surface area contributed by atoms with Gasteiger partial charge in [0.2, 0.25) is 11.9 Å². The van der Waals surface area contributed by atoms with Crippen molar-refractivity contribution in [3.8, 4) is 5.75 Å². The molecule has 0 radical (unpaired) electrons. The van der Waals surface area contributed by atoms with Crippen molar-refractivity contribution in [3.05, 3.63) is 35.9 Å². The van der Waals surface area contributed by atoms with E-state index in [1.54, 1.807) is 19.1 Å². The molecule has 4 rings (SSSR count). The minimum Gasteiger partial charge on any atom is -0.492 e. The van der Waals surface area contributed by atoms with Crippen molar-refractivity contribution in [1.82, 2.24) is 19.7 Å². The zero-order valence-corrected chi connectivity index (χ0v) is 21.5. The van der Waals surface area contributed by atoms with Crippen LogP contribution in [0.15, 0.2) is 24.3 Å². The van der Waals surface area contributed by atoms with E-state index in [9.17, 15) is 9.18 Å². The lowest BCUT2D eigenvalue weighted by Crippen LogP contribution is -2.45. The number of rotatable bonds is 7. The van der Waals surface area contributed by atoms with Crippen LogP contribution in [0.5, 0.6) is 5.75 Å². The molecular formula is C26H38FN5O3. The average molecular weight is 488 g/mol. The monoisotopic (exact) mass is 487 g/mol. The second kappa shape index (κ2) is 10.5. The molecule has 0 bridgehead atoms. The number of hydrogen-bond donors (Lipinski definition) is 0. The standard InChI is InChI=1S/C26H38FN5O3/c1-18(33)30(5)20-9-12-31(13-10-20)25-29-28-24(22-11-15-35-23(22)26(2,3)4)32(25)14-16-34-21-8-6-7-19(27)17-21/h6-8,17,20,22-23H,9-16H2,1-5H3/t22-,23-/m1/s1. The molecule has 0 spiro atoms. The van der Waals surface area contributed by atoms with Crippen molar-refractivity contribution >= 4 is 11.9 Å². The number of halogens is 1. The Morgan fingerprint density at radius 1 is 1.23 bits per heavy atom. The maximum atomic E-state index is 13.6. The highest BCUT2D eigenvalue weighted by Crippen LogP contribution is 2.41. The van der Waals surface area contributed by atoms with Gasteiger partial charge in [0.25, 0.3) is 0 Å². The van der Waals surface area contributed by atoms with Crippen LogP contribution in [0.4, 0.5) is 10.3 Å². The number of carbonyl (C=O) groups is 1. The normalized spacial score (nSPS) is 21.4. The van der Waals surface area contributed by atoms with Gasteiger partial charge >= 0.3 is 0 Å². The predicted molar refractivity (Wildman–Crippen MR) is 132 cm³/mol. The number of carbonyl (C=O) groups excluding carboxylic acids is 1. The fraction of sp³-hybridized carbons (Fsp3) is 0.654. The SMILES string of the molecule is CC(=O)N(C)C1CCN(c2nnc([C@@H]3CCO[C@H]3C(C)(C)C)n2CCOc2cccc(F)c2)CC1. The van der Waals surface area contributed by atoms with Gasteiger partial charge in [0.1, 0.15) is 24.0 Å².